The Bertz CT molecular complexity index is 385. The van der Waals surface area contributed by atoms with Gasteiger partial charge in [0.25, 0.3) is 0 Å². The predicted octanol–water partition coefficient (Wildman–Crippen LogP) is 0.772. The fraction of sp³-hybridized carbons (Fsp3) is 0.583. The number of nitrogens with zero attached hydrogens (tertiary/aromatic N) is 3. The van der Waals surface area contributed by atoms with Crippen LogP contribution >= 0.6 is 0 Å². The summed E-state index contributed by atoms with van der Waals surface area (Å²) in [6, 6.07) is 0. The van der Waals surface area contributed by atoms with E-state index in [1.54, 1.807) is 5.57 Å². The summed E-state index contributed by atoms with van der Waals surface area (Å²) in [5.74, 6) is 0. The highest BCUT2D eigenvalue weighted by atomic mass is 15.2. The van der Waals surface area contributed by atoms with Crippen LogP contribution in [-0.2, 0) is 13.6 Å². The zero-order valence-corrected chi connectivity index (χ0v) is 10.3. The van der Waals surface area contributed by atoms with Gasteiger partial charge in [0.2, 0.25) is 0 Å². The number of hydrogen-bond donors (Lipinski definition) is 1. The number of aryl methyl sites for hydroxylation is 1. The molecule has 0 bridgehead atoms. The average Bonchev–Trinajstić information content (AvgIpc) is 2.47. The molecular formula is C12H20N4. The van der Waals surface area contributed by atoms with Crippen molar-refractivity contribution in [3.63, 3.8) is 0 Å². The van der Waals surface area contributed by atoms with Gasteiger partial charge in [0.1, 0.15) is 0 Å². The smallest absolute Gasteiger partial charge is 0.0534 e. The first-order valence-electron chi connectivity index (χ1n) is 5.69. The normalized spacial score (nSPS) is 15.4. The molecule has 1 N–H and O–H groups in total. The molecule has 1 fully saturated rings. The second kappa shape index (κ2) is 4.80. The summed E-state index contributed by atoms with van der Waals surface area (Å²) in [5.41, 5.74) is 4.35. The van der Waals surface area contributed by atoms with E-state index in [9.17, 15) is 0 Å². The SMILES string of the molecule is CC(CN(C)Cc1cnn(C)c1)=C1CNC1. The van der Waals surface area contributed by atoms with E-state index in [2.05, 4.69) is 35.5 Å². The molecule has 4 heteroatoms. The molecule has 4 nitrogen and oxygen atoms in total. The van der Waals surface area contributed by atoms with Crippen molar-refractivity contribution in [3.05, 3.63) is 29.1 Å². The minimum absolute atomic E-state index is 0.964. The van der Waals surface area contributed by atoms with Gasteiger partial charge >= 0.3 is 0 Å². The summed E-state index contributed by atoms with van der Waals surface area (Å²) < 4.78 is 1.85. The zero-order valence-electron chi connectivity index (χ0n) is 10.3. The lowest BCUT2D eigenvalue weighted by Crippen LogP contribution is -2.36. The van der Waals surface area contributed by atoms with Crippen LogP contribution in [0.1, 0.15) is 12.5 Å². The molecule has 1 aromatic heterocycles. The Kier molecular flexibility index (Phi) is 3.41. The Morgan fingerprint density at radius 2 is 2.31 bits per heavy atom. The molecule has 88 valence electrons. The highest BCUT2D eigenvalue weighted by molar-refractivity contribution is 5.22. The number of hydrogen-bond acceptors (Lipinski definition) is 3. The Hall–Kier alpha value is -1.13. The van der Waals surface area contributed by atoms with Crippen LogP contribution in [0.2, 0.25) is 0 Å². The molecule has 0 amide bonds. The highest BCUT2D eigenvalue weighted by Gasteiger charge is 2.12. The van der Waals surface area contributed by atoms with Crippen molar-refractivity contribution in [3.8, 4) is 0 Å². The van der Waals surface area contributed by atoms with Gasteiger partial charge in [0.05, 0.1) is 6.20 Å². The molecule has 0 unspecified atom stereocenters. The van der Waals surface area contributed by atoms with E-state index < -0.39 is 0 Å². The molecule has 2 rings (SSSR count). The second-order valence-electron chi connectivity index (χ2n) is 4.68. The summed E-state index contributed by atoms with van der Waals surface area (Å²) in [5, 5.41) is 7.46. The maximum absolute atomic E-state index is 4.18. The molecule has 0 radical (unpaired) electrons. The molecular weight excluding hydrogens is 200 g/mol. The molecule has 0 atom stereocenters. The van der Waals surface area contributed by atoms with Crippen molar-refractivity contribution in [1.29, 1.82) is 0 Å². The first kappa shape index (κ1) is 11.4. The van der Waals surface area contributed by atoms with Crippen LogP contribution in [0, 0.1) is 0 Å². The van der Waals surface area contributed by atoms with Gasteiger partial charge in [-0.05, 0) is 19.5 Å². The van der Waals surface area contributed by atoms with Gasteiger partial charge in [-0.25, -0.2) is 0 Å². The Morgan fingerprint density at radius 3 is 2.81 bits per heavy atom. The molecule has 1 aliphatic rings. The fourth-order valence-electron chi connectivity index (χ4n) is 1.99. The first-order chi connectivity index (χ1) is 7.65. The lowest BCUT2D eigenvalue weighted by Gasteiger charge is -2.24. The van der Waals surface area contributed by atoms with E-state index in [4.69, 9.17) is 0 Å². The Morgan fingerprint density at radius 1 is 1.56 bits per heavy atom. The molecule has 0 saturated carbocycles. The maximum Gasteiger partial charge on any atom is 0.0534 e. The van der Waals surface area contributed by atoms with Crippen molar-refractivity contribution in [2.45, 2.75) is 13.5 Å². The Labute approximate surface area is 96.9 Å². The third-order valence-corrected chi connectivity index (χ3v) is 3.00. The van der Waals surface area contributed by atoms with Gasteiger partial charge in [0.15, 0.2) is 0 Å². The summed E-state index contributed by atoms with van der Waals surface area (Å²) in [6.07, 6.45) is 4.01. The fourth-order valence-corrected chi connectivity index (χ4v) is 1.99. The van der Waals surface area contributed by atoms with Crippen LogP contribution in [0.4, 0.5) is 0 Å². The van der Waals surface area contributed by atoms with Crippen molar-refractivity contribution >= 4 is 0 Å². The van der Waals surface area contributed by atoms with Crippen LogP contribution in [0.15, 0.2) is 23.5 Å². The molecule has 1 saturated heterocycles. The van der Waals surface area contributed by atoms with Gasteiger partial charge in [-0.3, -0.25) is 9.58 Å². The van der Waals surface area contributed by atoms with Crippen molar-refractivity contribution in [1.82, 2.24) is 20.0 Å². The lowest BCUT2D eigenvalue weighted by atomic mass is 10.0. The molecule has 1 aliphatic heterocycles. The maximum atomic E-state index is 4.18. The topological polar surface area (TPSA) is 33.1 Å². The number of likely N-dealkylation sites (N-methyl/N-ethyl adjacent to an activating group) is 1. The molecule has 0 aromatic carbocycles. The molecule has 0 spiro atoms. The molecule has 2 heterocycles. The van der Waals surface area contributed by atoms with Gasteiger partial charge in [-0.15, -0.1) is 0 Å². The van der Waals surface area contributed by atoms with Crippen LogP contribution in [-0.4, -0.2) is 41.4 Å². The van der Waals surface area contributed by atoms with Gasteiger partial charge < -0.3 is 5.32 Å². The van der Waals surface area contributed by atoms with Crippen LogP contribution in [0.3, 0.4) is 0 Å². The predicted molar refractivity (Wildman–Crippen MR) is 65.1 cm³/mol. The third kappa shape index (κ3) is 2.71. The van der Waals surface area contributed by atoms with E-state index in [1.807, 2.05) is 17.9 Å². The first-order valence-corrected chi connectivity index (χ1v) is 5.69. The summed E-state index contributed by atoms with van der Waals surface area (Å²) >= 11 is 0. The van der Waals surface area contributed by atoms with Crippen molar-refractivity contribution in [2.75, 3.05) is 26.7 Å². The zero-order chi connectivity index (χ0) is 11.5. The van der Waals surface area contributed by atoms with E-state index in [0.29, 0.717) is 0 Å². The summed E-state index contributed by atoms with van der Waals surface area (Å²) in [7, 11) is 4.11. The number of nitrogens with one attached hydrogen (secondary N) is 1. The monoisotopic (exact) mass is 220 g/mol. The van der Waals surface area contributed by atoms with Crippen LogP contribution < -0.4 is 5.32 Å². The van der Waals surface area contributed by atoms with Crippen molar-refractivity contribution in [2.24, 2.45) is 7.05 Å². The molecule has 16 heavy (non-hydrogen) atoms. The standard InChI is InChI=1S/C12H20N4/c1-10(12-5-13-6-12)7-15(2)8-11-4-14-16(3)9-11/h4,9,13H,5-8H2,1-3H3. The summed E-state index contributed by atoms with van der Waals surface area (Å²) in [4.78, 5) is 2.33. The van der Waals surface area contributed by atoms with Crippen molar-refractivity contribution < 1.29 is 0 Å². The largest absolute Gasteiger partial charge is 0.309 e. The average molecular weight is 220 g/mol. The number of rotatable bonds is 4. The van der Waals surface area contributed by atoms with E-state index in [1.165, 1.54) is 11.1 Å². The van der Waals surface area contributed by atoms with E-state index in [0.717, 1.165) is 26.2 Å². The van der Waals surface area contributed by atoms with E-state index >= 15 is 0 Å². The lowest BCUT2D eigenvalue weighted by molar-refractivity contribution is 0.352. The molecule has 0 aliphatic carbocycles. The van der Waals surface area contributed by atoms with Gasteiger partial charge in [-0.2, -0.15) is 5.10 Å². The van der Waals surface area contributed by atoms with Crippen LogP contribution in [0.5, 0.6) is 0 Å². The Balaban J connectivity index is 1.86. The number of aromatic nitrogens is 2. The summed E-state index contributed by atoms with van der Waals surface area (Å²) in [6.45, 7) is 6.40. The van der Waals surface area contributed by atoms with Gasteiger partial charge in [0, 0.05) is 45.0 Å². The van der Waals surface area contributed by atoms with E-state index in [-0.39, 0.29) is 0 Å². The van der Waals surface area contributed by atoms with Gasteiger partial charge in [-0.1, -0.05) is 5.57 Å². The minimum Gasteiger partial charge on any atom is -0.309 e. The second-order valence-corrected chi connectivity index (χ2v) is 4.68. The minimum atomic E-state index is 0.964. The van der Waals surface area contributed by atoms with Crippen LogP contribution in [0.25, 0.3) is 0 Å². The highest BCUT2D eigenvalue weighted by Crippen LogP contribution is 2.11. The molecule has 1 aromatic rings. The quantitative estimate of drug-likeness (QED) is 0.761. The third-order valence-electron chi connectivity index (χ3n) is 3.00.